The molecule has 2 saturated carbocycles. The molecule has 0 bridgehead atoms. The Morgan fingerprint density at radius 2 is 1.74 bits per heavy atom. The Morgan fingerprint density at radius 1 is 0.929 bits per heavy atom. The summed E-state index contributed by atoms with van der Waals surface area (Å²) in [5.41, 5.74) is 1.14. The number of fused-ring (bicyclic) bond motifs is 1. The summed E-state index contributed by atoms with van der Waals surface area (Å²) in [5, 5.41) is 3.35. The van der Waals surface area contributed by atoms with Crippen LogP contribution >= 0.6 is 0 Å². The largest absolute Gasteiger partial charge is 0.457 e. The van der Waals surface area contributed by atoms with Crippen LogP contribution in [-0.2, 0) is 31.0 Å². The Hall–Kier alpha value is -3.19. The molecular formula is C35H46N2O5. The fourth-order valence-corrected chi connectivity index (χ4v) is 7.39. The highest BCUT2D eigenvalue weighted by atomic mass is 16.6. The number of hydrogen-bond donors (Lipinski definition) is 1. The zero-order valence-electron chi connectivity index (χ0n) is 25.2. The first kappa shape index (κ1) is 30.3. The predicted octanol–water partition coefficient (Wildman–Crippen LogP) is 5.74. The third-order valence-electron chi connectivity index (χ3n) is 9.48. The molecule has 5 rings (SSSR count). The van der Waals surface area contributed by atoms with E-state index in [4.69, 9.17) is 9.47 Å². The SMILES string of the molecule is CC(=O)Oc1cccc([C@@]23CCN(CC4CC4)C[C@@]2(OC(C)=O)CC[C@@H](NC(=O)CCCCCc2ccccc2)C3)c1. The Morgan fingerprint density at radius 3 is 2.48 bits per heavy atom. The number of likely N-dealkylation sites (tertiary alicyclic amines) is 1. The lowest BCUT2D eigenvalue weighted by Crippen LogP contribution is -2.68. The smallest absolute Gasteiger partial charge is 0.308 e. The first-order valence-corrected chi connectivity index (χ1v) is 15.8. The maximum Gasteiger partial charge on any atom is 0.308 e. The van der Waals surface area contributed by atoms with Crippen molar-refractivity contribution in [1.82, 2.24) is 10.2 Å². The van der Waals surface area contributed by atoms with Crippen LogP contribution < -0.4 is 10.1 Å². The summed E-state index contributed by atoms with van der Waals surface area (Å²) in [6.45, 7) is 5.53. The molecule has 0 spiro atoms. The summed E-state index contributed by atoms with van der Waals surface area (Å²) in [7, 11) is 0. The first-order valence-electron chi connectivity index (χ1n) is 15.8. The van der Waals surface area contributed by atoms with Gasteiger partial charge in [-0.2, -0.15) is 0 Å². The van der Waals surface area contributed by atoms with Gasteiger partial charge in [-0.25, -0.2) is 0 Å². The molecule has 2 aromatic carbocycles. The van der Waals surface area contributed by atoms with Crippen molar-refractivity contribution in [2.45, 2.75) is 102 Å². The molecule has 3 aliphatic rings. The first-order chi connectivity index (χ1) is 20.3. The van der Waals surface area contributed by atoms with E-state index in [2.05, 4.69) is 40.5 Å². The number of hydrogen-bond acceptors (Lipinski definition) is 6. The van der Waals surface area contributed by atoms with Crippen molar-refractivity contribution >= 4 is 17.8 Å². The summed E-state index contributed by atoms with van der Waals surface area (Å²) in [5.74, 6) is 0.680. The van der Waals surface area contributed by atoms with Crippen LogP contribution in [0.1, 0.15) is 89.2 Å². The van der Waals surface area contributed by atoms with Crippen LogP contribution in [0.25, 0.3) is 0 Å². The molecule has 1 N–H and O–H groups in total. The van der Waals surface area contributed by atoms with Gasteiger partial charge in [-0.3, -0.25) is 19.3 Å². The van der Waals surface area contributed by atoms with Crippen LogP contribution in [0.5, 0.6) is 5.75 Å². The standard InChI is InChI=1S/C35H46N2O5/c1-26(38)41-32-14-9-13-30(22-32)34-20-21-37(24-29-16-17-29)25-35(34,42-27(2)39)19-18-31(23-34)36-33(40)15-8-4-7-12-28-10-5-3-6-11-28/h3,5-6,9-11,13-14,22,29,31H,4,7-8,12,15-21,23-25H2,1-2H3,(H,36,40)/t31-,34+,35+/m1/s1. The molecule has 1 amide bonds. The van der Waals surface area contributed by atoms with E-state index in [-0.39, 0.29) is 23.9 Å². The van der Waals surface area contributed by atoms with Crippen molar-refractivity contribution < 1.29 is 23.9 Å². The topological polar surface area (TPSA) is 84.9 Å². The van der Waals surface area contributed by atoms with Gasteiger partial charge in [0.05, 0.1) is 0 Å². The third-order valence-corrected chi connectivity index (χ3v) is 9.48. The number of rotatable bonds is 12. The monoisotopic (exact) mass is 574 g/mol. The van der Waals surface area contributed by atoms with Gasteiger partial charge in [-0.1, -0.05) is 48.9 Å². The van der Waals surface area contributed by atoms with E-state index >= 15 is 0 Å². The molecule has 7 nitrogen and oxygen atoms in total. The number of amides is 1. The number of nitrogens with zero attached hydrogens (tertiary/aromatic N) is 1. The maximum absolute atomic E-state index is 13.1. The molecule has 2 aromatic rings. The van der Waals surface area contributed by atoms with Gasteiger partial charge < -0.3 is 14.8 Å². The number of carbonyl (C=O) groups excluding carboxylic acids is 3. The van der Waals surface area contributed by atoms with Gasteiger partial charge in [-0.15, -0.1) is 0 Å². The van der Waals surface area contributed by atoms with Crippen LogP contribution in [0.4, 0.5) is 0 Å². The second-order valence-electron chi connectivity index (χ2n) is 12.8. The molecule has 226 valence electrons. The van der Waals surface area contributed by atoms with Crippen molar-refractivity contribution in [3.63, 3.8) is 0 Å². The Balaban J connectivity index is 1.30. The second kappa shape index (κ2) is 13.4. The Labute approximate surface area is 250 Å². The van der Waals surface area contributed by atoms with Gasteiger partial charge in [-0.05, 0) is 93.5 Å². The average Bonchev–Trinajstić information content (AvgIpc) is 3.77. The number of ether oxygens (including phenoxy) is 2. The molecule has 42 heavy (non-hydrogen) atoms. The van der Waals surface area contributed by atoms with Gasteiger partial charge in [0.15, 0.2) is 0 Å². The van der Waals surface area contributed by atoms with E-state index in [1.165, 1.54) is 32.3 Å². The molecule has 3 atom stereocenters. The summed E-state index contributed by atoms with van der Waals surface area (Å²) < 4.78 is 11.8. The fraction of sp³-hybridized carbons (Fsp3) is 0.571. The Bertz CT molecular complexity index is 1240. The summed E-state index contributed by atoms with van der Waals surface area (Å²) in [6, 6.07) is 18.2. The normalized spacial score (nSPS) is 25.7. The lowest BCUT2D eigenvalue weighted by Gasteiger charge is -2.59. The molecule has 0 aromatic heterocycles. The van der Waals surface area contributed by atoms with E-state index in [9.17, 15) is 14.4 Å². The van der Waals surface area contributed by atoms with Gasteiger partial charge in [0.1, 0.15) is 11.4 Å². The van der Waals surface area contributed by atoms with Crippen molar-refractivity contribution in [3.05, 3.63) is 65.7 Å². The molecule has 1 aliphatic heterocycles. The van der Waals surface area contributed by atoms with E-state index in [0.29, 0.717) is 31.6 Å². The van der Waals surface area contributed by atoms with E-state index < -0.39 is 11.0 Å². The van der Waals surface area contributed by atoms with Crippen LogP contribution in [-0.4, -0.2) is 54.0 Å². The molecule has 0 radical (unpaired) electrons. The van der Waals surface area contributed by atoms with E-state index in [1.54, 1.807) is 6.07 Å². The molecule has 0 unspecified atom stereocenters. The summed E-state index contributed by atoms with van der Waals surface area (Å²) in [6.07, 6.45) is 9.98. The highest BCUT2D eigenvalue weighted by molar-refractivity contribution is 5.76. The number of carbonyl (C=O) groups is 3. The highest BCUT2D eigenvalue weighted by Crippen LogP contribution is 2.54. The zero-order chi connectivity index (χ0) is 29.6. The van der Waals surface area contributed by atoms with Crippen LogP contribution in [0.3, 0.4) is 0 Å². The van der Waals surface area contributed by atoms with Crippen LogP contribution in [0.2, 0.25) is 0 Å². The van der Waals surface area contributed by atoms with Crippen molar-refractivity contribution in [2.24, 2.45) is 5.92 Å². The highest BCUT2D eigenvalue weighted by Gasteiger charge is 2.61. The summed E-state index contributed by atoms with van der Waals surface area (Å²) in [4.78, 5) is 40.0. The maximum atomic E-state index is 13.1. The van der Waals surface area contributed by atoms with Crippen molar-refractivity contribution in [2.75, 3.05) is 19.6 Å². The van der Waals surface area contributed by atoms with Gasteiger partial charge in [0.2, 0.25) is 5.91 Å². The minimum absolute atomic E-state index is 0.0159. The van der Waals surface area contributed by atoms with Crippen molar-refractivity contribution in [1.29, 1.82) is 0 Å². The number of esters is 2. The number of aryl methyl sites for hydroxylation is 1. The predicted molar refractivity (Wildman–Crippen MR) is 162 cm³/mol. The van der Waals surface area contributed by atoms with E-state index in [0.717, 1.165) is 63.1 Å². The molecule has 2 aliphatic carbocycles. The lowest BCUT2D eigenvalue weighted by atomic mass is 9.55. The van der Waals surface area contributed by atoms with Gasteiger partial charge >= 0.3 is 11.9 Å². The van der Waals surface area contributed by atoms with Gasteiger partial charge in [0, 0.05) is 44.8 Å². The quantitative estimate of drug-likeness (QED) is 0.198. The molecule has 1 saturated heterocycles. The van der Waals surface area contributed by atoms with Crippen molar-refractivity contribution in [3.8, 4) is 5.75 Å². The number of piperidine rings is 1. The number of unbranched alkanes of at least 4 members (excludes halogenated alkanes) is 2. The Kier molecular flexibility index (Phi) is 9.67. The zero-order valence-corrected chi connectivity index (χ0v) is 25.2. The van der Waals surface area contributed by atoms with E-state index in [1.807, 2.05) is 18.2 Å². The van der Waals surface area contributed by atoms with Crippen LogP contribution in [0, 0.1) is 5.92 Å². The minimum Gasteiger partial charge on any atom is -0.457 e. The molecular weight excluding hydrogens is 528 g/mol. The van der Waals surface area contributed by atoms with Crippen LogP contribution in [0.15, 0.2) is 54.6 Å². The third kappa shape index (κ3) is 7.41. The summed E-state index contributed by atoms with van der Waals surface area (Å²) >= 11 is 0. The molecule has 7 heteroatoms. The molecule has 3 fully saturated rings. The lowest BCUT2D eigenvalue weighted by molar-refractivity contribution is -0.187. The molecule has 1 heterocycles. The number of nitrogens with one attached hydrogen (secondary N) is 1. The fourth-order valence-electron chi connectivity index (χ4n) is 7.39. The average molecular weight is 575 g/mol. The minimum atomic E-state index is -0.709. The van der Waals surface area contributed by atoms with Gasteiger partial charge in [0.25, 0.3) is 0 Å². The number of benzene rings is 2. The second-order valence-corrected chi connectivity index (χ2v) is 12.8.